The van der Waals surface area contributed by atoms with Crippen molar-refractivity contribution in [2.45, 2.75) is 31.7 Å². The van der Waals surface area contributed by atoms with E-state index in [2.05, 4.69) is 4.98 Å². The average molecular weight is 383 g/mol. The molecule has 0 saturated heterocycles. The fourth-order valence-corrected chi connectivity index (χ4v) is 3.71. The zero-order chi connectivity index (χ0) is 19.4. The van der Waals surface area contributed by atoms with Crippen LogP contribution in [0.3, 0.4) is 0 Å². The molecule has 6 heteroatoms. The van der Waals surface area contributed by atoms with E-state index in [1.54, 1.807) is 4.90 Å². The van der Waals surface area contributed by atoms with Crippen LogP contribution in [0.5, 0.6) is 0 Å². The quantitative estimate of drug-likeness (QED) is 0.803. The third-order valence-electron chi connectivity index (χ3n) is 4.85. The van der Waals surface area contributed by atoms with Crippen molar-refractivity contribution < 1.29 is 4.79 Å². The third kappa shape index (κ3) is 4.14. The smallest absolute Gasteiger partial charge is 0.320 e. The molecule has 1 aliphatic rings. The lowest BCUT2D eigenvalue weighted by Crippen LogP contribution is -2.54. The average Bonchev–Trinajstić information content (AvgIpc) is 2.63. The number of urea groups is 1. The number of anilines is 2. The molecule has 0 radical (unpaired) electrons. The molecule has 0 aliphatic heterocycles. The minimum Gasteiger partial charge on any atom is -0.383 e. The van der Waals surface area contributed by atoms with Gasteiger partial charge in [-0.15, -0.1) is 0 Å². The summed E-state index contributed by atoms with van der Waals surface area (Å²) in [7, 11) is 0. The van der Waals surface area contributed by atoms with Crippen LogP contribution >= 0.6 is 11.6 Å². The van der Waals surface area contributed by atoms with Gasteiger partial charge in [-0.1, -0.05) is 48.0 Å². The van der Waals surface area contributed by atoms with Crippen LogP contribution in [0.1, 0.15) is 24.0 Å². The van der Waals surface area contributed by atoms with Gasteiger partial charge in [0, 0.05) is 11.9 Å². The summed E-state index contributed by atoms with van der Waals surface area (Å²) in [4.78, 5) is 18.3. The van der Waals surface area contributed by atoms with Crippen LogP contribution in [-0.2, 0) is 6.42 Å². The highest BCUT2D eigenvalue weighted by molar-refractivity contribution is 6.30. The minimum absolute atomic E-state index is 0.450. The van der Waals surface area contributed by atoms with Gasteiger partial charge in [0.1, 0.15) is 5.82 Å². The Bertz CT molecular complexity index is 909. The molecule has 3 rings (SSSR count). The number of nitrogens with two attached hydrogens (primary N) is 2. The summed E-state index contributed by atoms with van der Waals surface area (Å²) in [6.45, 7) is 1.99. The second-order valence-electron chi connectivity index (χ2n) is 6.81. The maximum absolute atomic E-state index is 12.5. The number of hydrogen-bond donors (Lipinski definition) is 2. The van der Waals surface area contributed by atoms with Gasteiger partial charge in [0.15, 0.2) is 0 Å². The highest BCUT2D eigenvalue weighted by atomic mass is 35.5. The van der Waals surface area contributed by atoms with E-state index in [1.165, 1.54) is 6.20 Å². The molecule has 1 atom stereocenters. The van der Waals surface area contributed by atoms with Crippen molar-refractivity contribution in [3.05, 3.63) is 77.0 Å². The van der Waals surface area contributed by atoms with Crippen molar-refractivity contribution in [2.24, 2.45) is 5.73 Å². The first kappa shape index (κ1) is 19.0. The molecule has 0 spiro atoms. The van der Waals surface area contributed by atoms with Gasteiger partial charge in [0.25, 0.3) is 0 Å². The maximum Gasteiger partial charge on any atom is 0.320 e. The van der Waals surface area contributed by atoms with E-state index in [-0.39, 0.29) is 0 Å². The van der Waals surface area contributed by atoms with E-state index in [1.807, 2.05) is 61.6 Å². The van der Waals surface area contributed by atoms with E-state index in [4.69, 9.17) is 23.1 Å². The Morgan fingerprint density at radius 3 is 2.81 bits per heavy atom. The lowest BCUT2D eigenvalue weighted by atomic mass is 9.83. The number of amides is 2. The zero-order valence-electron chi connectivity index (χ0n) is 15.2. The SMILES string of the molecule is Cc1cccc(N(C(N)=O)C2(CCc3cc(Cl)cnc3N)C=CC=CC2)c1. The first-order chi connectivity index (χ1) is 12.9. The third-order valence-corrected chi connectivity index (χ3v) is 5.05. The van der Waals surface area contributed by atoms with E-state index in [0.29, 0.717) is 30.1 Å². The number of carbonyl (C=O) groups excluding carboxylic acids is 1. The van der Waals surface area contributed by atoms with Crippen LogP contribution in [0.25, 0.3) is 0 Å². The molecule has 2 aromatic rings. The van der Waals surface area contributed by atoms with Crippen LogP contribution in [0.2, 0.25) is 5.02 Å². The molecule has 1 aliphatic carbocycles. The number of rotatable bonds is 5. The topological polar surface area (TPSA) is 85.2 Å². The van der Waals surface area contributed by atoms with Gasteiger partial charge >= 0.3 is 6.03 Å². The van der Waals surface area contributed by atoms with Gasteiger partial charge in [0.2, 0.25) is 0 Å². The number of aromatic nitrogens is 1. The predicted molar refractivity (Wildman–Crippen MR) is 111 cm³/mol. The fraction of sp³-hybridized carbons (Fsp3) is 0.238. The summed E-state index contributed by atoms with van der Waals surface area (Å²) < 4.78 is 0. The molecule has 1 heterocycles. The summed E-state index contributed by atoms with van der Waals surface area (Å²) in [6.07, 6.45) is 11.5. The molecule has 0 bridgehead atoms. The number of allylic oxidation sites excluding steroid dienone is 2. The molecule has 0 saturated carbocycles. The summed E-state index contributed by atoms with van der Waals surface area (Å²) in [5.41, 5.74) is 14.0. The lowest BCUT2D eigenvalue weighted by Gasteiger charge is -2.42. The Labute approximate surface area is 164 Å². The number of primary amides is 1. The summed E-state index contributed by atoms with van der Waals surface area (Å²) in [5, 5.41) is 0.540. The molecular formula is C21H23ClN4O. The van der Waals surface area contributed by atoms with E-state index >= 15 is 0 Å². The summed E-state index contributed by atoms with van der Waals surface area (Å²) in [6, 6.07) is 9.12. The van der Waals surface area contributed by atoms with Crippen molar-refractivity contribution in [3.8, 4) is 0 Å². The Morgan fingerprint density at radius 1 is 1.33 bits per heavy atom. The number of pyridine rings is 1. The molecular weight excluding hydrogens is 360 g/mol. The van der Waals surface area contributed by atoms with Gasteiger partial charge in [-0.3, -0.25) is 4.90 Å². The number of halogens is 1. The molecule has 5 nitrogen and oxygen atoms in total. The summed E-state index contributed by atoms with van der Waals surface area (Å²) in [5.74, 6) is 0.450. The first-order valence-electron chi connectivity index (χ1n) is 8.82. The molecule has 4 N–H and O–H groups in total. The zero-order valence-corrected chi connectivity index (χ0v) is 16.0. The van der Waals surface area contributed by atoms with Gasteiger partial charge in [0.05, 0.1) is 10.6 Å². The minimum atomic E-state index is -0.580. The van der Waals surface area contributed by atoms with Crippen molar-refractivity contribution in [3.63, 3.8) is 0 Å². The first-order valence-corrected chi connectivity index (χ1v) is 9.20. The predicted octanol–water partition coefficient (Wildman–Crippen LogP) is 4.40. The van der Waals surface area contributed by atoms with E-state index in [0.717, 1.165) is 16.8 Å². The standard InChI is InChI=1S/C21H23ClN4O/c1-15-6-5-7-18(12-15)26(20(24)27)21(9-3-2-4-10-21)11-8-16-13-17(22)14-25-19(16)23/h2-7,9,12-14H,8,10-11H2,1H3,(H2,23,25)(H2,24,27). The highest BCUT2D eigenvalue weighted by Gasteiger charge is 2.37. The van der Waals surface area contributed by atoms with Gasteiger partial charge < -0.3 is 11.5 Å². The number of benzene rings is 1. The van der Waals surface area contributed by atoms with Gasteiger partial charge in [-0.25, -0.2) is 9.78 Å². The molecule has 2 amide bonds. The van der Waals surface area contributed by atoms with Crippen molar-refractivity contribution in [1.82, 2.24) is 4.98 Å². The number of nitrogen functional groups attached to an aromatic ring is 1. The summed E-state index contributed by atoms with van der Waals surface area (Å²) >= 11 is 6.07. The monoisotopic (exact) mass is 382 g/mol. The molecule has 0 fully saturated rings. The maximum atomic E-state index is 12.5. The Morgan fingerprint density at radius 2 is 2.15 bits per heavy atom. The second kappa shape index (κ2) is 7.84. The number of carbonyl (C=O) groups is 1. The van der Waals surface area contributed by atoms with Crippen molar-refractivity contribution >= 4 is 29.1 Å². The molecule has 27 heavy (non-hydrogen) atoms. The Balaban J connectivity index is 1.98. The van der Waals surface area contributed by atoms with Crippen LogP contribution in [0.4, 0.5) is 16.3 Å². The van der Waals surface area contributed by atoms with Gasteiger partial charge in [-0.05, 0) is 55.5 Å². The van der Waals surface area contributed by atoms with Crippen molar-refractivity contribution in [2.75, 3.05) is 10.6 Å². The Hall–Kier alpha value is -2.79. The van der Waals surface area contributed by atoms with E-state index < -0.39 is 11.6 Å². The Kier molecular flexibility index (Phi) is 5.51. The molecule has 140 valence electrons. The highest BCUT2D eigenvalue weighted by Crippen LogP contribution is 2.35. The molecule has 1 aromatic heterocycles. The van der Waals surface area contributed by atoms with E-state index in [9.17, 15) is 4.79 Å². The van der Waals surface area contributed by atoms with Crippen molar-refractivity contribution in [1.29, 1.82) is 0 Å². The molecule has 1 unspecified atom stereocenters. The molecule has 1 aromatic carbocycles. The number of hydrogen-bond acceptors (Lipinski definition) is 3. The largest absolute Gasteiger partial charge is 0.383 e. The fourth-order valence-electron chi connectivity index (χ4n) is 3.53. The van der Waals surface area contributed by atoms with Crippen LogP contribution < -0.4 is 16.4 Å². The van der Waals surface area contributed by atoms with Crippen LogP contribution in [0, 0.1) is 6.92 Å². The normalized spacial score (nSPS) is 18.4. The van der Waals surface area contributed by atoms with Crippen LogP contribution in [-0.4, -0.2) is 16.6 Å². The van der Waals surface area contributed by atoms with Gasteiger partial charge in [-0.2, -0.15) is 0 Å². The number of aryl methyl sites for hydroxylation is 2. The lowest BCUT2D eigenvalue weighted by molar-refractivity contribution is 0.247. The number of nitrogens with zero attached hydrogens (tertiary/aromatic N) is 2. The second-order valence-corrected chi connectivity index (χ2v) is 7.24. The van der Waals surface area contributed by atoms with Crippen LogP contribution in [0.15, 0.2) is 60.8 Å².